The number of rotatable bonds is 4. The van der Waals surface area contributed by atoms with Gasteiger partial charge in [-0.2, -0.15) is 0 Å². The van der Waals surface area contributed by atoms with E-state index >= 15 is 0 Å². The Hall–Kier alpha value is -1.69. The maximum Gasteiger partial charge on any atom is 0.228 e. The Balaban J connectivity index is 1.76. The molecular formula is C18H19ClN2O2S. The first-order valence-corrected chi connectivity index (χ1v) is 9.22. The number of anilines is 1. The monoisotopic (exact) mass is 362 g/mol. The number of nitrogens with one attached hydrogen (secondary N) is 1. The van der Waals surface area contributed by atoms with Crippen LogP contribution in [0.5, 0.6) is 0 Å². The standard InChI is InChI=1S/C18H19ClN2O2S/c1-18(2)15(11-6-8-14(9-7-11)24(20)23)16(18)17(22)21-13-5-3-4-12(19)10-13/h3-10,15-16H,20H2,1-2H3,(H,21,22)/t15-,16+,24?/m1/s1. The van der Waals surface area contributed by atoms with Gasteiger partial charge in [-0.25, -0.2) is 9.35 Å². The first-order chi connectivity index (χ1) is 11.3. The van der Waals surface area contributed by atoms with Crippen LogP contribution >= 0.6 is 11.6 Å². The molecule has 3 rings (SSSR count). The molecule has 1 saturated carbocycles. The molecule has 4 nitrogen and oxygen atoms in total. The fourth-order valence-corrected chi connectivity index (χ4v) is 3.94. The van der Waals surface area contributed by atoms with E-state index in [4.69, 9.17) is 16.7 Å². The van der Waals surface area contributed by atoms with Crippen molar-refractivity contribution in [3.8, 4) is 0 Å². The summed E-state index contributed by atoms with van der Waals surface area (Å²) in [5.74, 6) is -0.0126. The van der Waals surface area contributed by atoms with Gasteiger partial charge < -0.3 is 5.32 Å². The van der Waals surface area contributed by atoms with Gasteiger partial charge in [-0.15, -0.1) is 0 Å². The van der Waals surface area contributed by atoms with Crippen molar-refractivity contribution < 1.29 is 9.00 Å². The Labute approximate surface area is 149 Å². The van der Waals surface area contributed by atoms with Gasteiger partial charge in [0.1, 0.15) is 11.0 Å². The van der Waals surface area contributed by atoms with Crippen LogP contribution in [0.1, 0.15) is 25.3 Å². The summed E-state index contributed by atoms with van der Waals surface area (Å²) in [6.45, 7) is 4.16. The molecule has 0 bridgehead atoms. The van der Waals surface area contributed by atoms with Crippen LogP contribution in [0.4, 0.5) is 5.69 Å². The van der Waals surface area contributed by atoms with Crippen LogP contribution in [-0.4, -0.2) is 10.1 Å². The third kappa shape index (κ3) is 3.24. The molecule has 126 valence electrons. The van der Waals surface area contributed by atoms with Gasteiger partial charge in [0.15, 0.2) is 0 Å². The highest BCUT2D eigenvalue weighted by molar-refractivity contribution is 7.82. The van der Waals surface area contributed by atoms with Crippen molar-refractivity contribution in [2.24, 2.45) is 16.5 Å². The maximum absolute atomic E-state index is 12.6. The van der Waals surface area contributed by atoms with E-state index in [1.807, 2.05) is 18.2 Å². The van der Waals surface area contributed by atoms with Crippen LogP contribution in [-0.2, 0) is 15.8 Å². The second kappa shape index (κ2) is 6.31. The van der Waals surface area contributed by atoms with Crippen LogP contribution in [0.2, 0.25) is 5.02 Å². The molecule has 0 saturated heterocycles. The molecule has 0 aromatic heterocycles. The van der Waals surface area contributed by atoms with Crippen LogP contribution in [0, 0.1) is 11.3 Å². The minimum Gasteiger partial charge on any atom is -0.326 e. The van der Waals surface area contributed by atoms with Crippen molar-refractivity contribution >= 4 is 34.2 Å². The number of carbonyl (C=O) groups is 1. The highest BCUT2D eigenvalue weighted by Gasteiger charge is 2.62. The highest BCUT2D eigenvalue weighted by atomic mass is 35.5. The van der Waals surface area contributed by atoms with Gasteiger partial charge in [-0.1, -0.05) is 43.6 Å². The molecule has 1 aliphatic rings. The third-order valence-corrected chi connectivity index (χ3v) is 5.65. The second-order valence-electron chi connectivity index (χ2n) is 6.64. The number of hydrogen-bond donors (Lipinski definition) is 2. The minimum atomic E-state index is -1.49. The van der Waals surface area contributed by atoms with Crippen LogP contribution < -0.4 is 10.5 Å². The van der Waals surface area contributed by atoms with Gasteiger partial charge in [0.25, 0.3) is 0 Å². The topological polar surface area (TPSA) is 72.2 Å². The molecule has 0 spiro atoms. The van der Waals surface area contributed by atoms with Crippen molar-refractivity contribution in [3.63, 3.8) is 0 Å². The van der Waals surface area contributed by atoms with E-state index in [1.54, 1.807) is 30.3 Å². The Bertz CT molecular complexity index is 805. The van der Waals surface area contributed by atoms with E-state index in [0.717, 1.165) is 5.56 Å². The molecule has 2 aromatic rings. The fraction of sp³-hybridized carbons (Fsp3) is 0.278. The molecule has 0 heterocycles. The summed E-state index contributed by atoms with van der Waals surface area (Å²) in [5, 5.41) is 8.91. The lowest BCUT2D eigenvalue weighted by atomic mass is 10.0. The summed E-state index contributed by atoms with van der Waals surface area (Å²) in [4.78, 5) is 13.2. The fourth-order valence-electron chi connectivity index (χ4n) is 3.34. The van der Waals surface area contributed by atoms with E-state index in [-0.39, 0.29) is 23.2 Å². The quantitative estimate of drug-likeness (QED) is 0.870. The molecule has 1 aliphatic carbocycles. The normalized spacial score (nSPS) is 22.7. The predicted molar refractivity (Wildman–Crippen MR) is 97.1 cm³/mol. The molecule has 1 fully saturated rings. The highest BCUT2D eigenvalue weighted by Crippen LogP contribution is 2.64. The van der Waals surface area contributed by atoms with Crippen molar-refractivity contribution in [2.75, 3.05) is 5.32 Å². The third-order valence-electron chi connectivity index (χ3n) is 4.67. The van der Waals surface area contributed by atoms with Crippen molar-refractivity contribution in [2.45, 2.75) is 24.7 Å². The zero-order valence-corrected chi connectivity index (χ0v) is 15.0. The zero-order valence-electron chi connectivity index (χ0n) is 13.5. The summed E-state index contributed by atoms with van der Waals surface area (Å²) in [7, 11) is -1.49. The van der Waals surface area contributed by atoms with E-state index in [1.165, 1.54) is 0 Å². The van der Waals surface area contributed by atoms with Crippen molar-refractivity contribution in [3.05, 3.63) is 59.1 Å². The molecule has 3 atom stereocenters. The lowest BCUT2D eigenvalue weighted by Crippen LogP contribution is -2.16. The molecular weight excluding hydrogens is 344 g/mol. The van der Waals surface area contributed by atoms with E-state index < -0.39 is 11.0 Å². The zero-order chi connectivity index (χ0) is 17.5. The first-order valence-electron chi connectivity index (χ1n) is 7.63. The lowest BCUT2D eigenvalue weighted by molar-refractivity contribution is -0.118. The average Bonchev–Trinajstić information content (AvgIpc) is 3.10. The lowest BCUT2D eigenvalue weighted by Gasteiger charge is -2.06. The average molecular weight is 363 g/mol. The summed E-state index contributed by atoms with van der Waals surface area (Å²) in [6, 6.07) is 14.4. The summed E-state index contributed by atoms with van der Waals surface area (Å²) in [6.07, 6.45) is 0. The Morgan fingerprint density at radius 3 is 2.46 bits per heavy atom. The number of carbonyl (C=O) groups excluding carboxylic acids is 1. The van der Waals surface area contributed by atoms with Gasteiger partial charge in [0.2, 0.25) is 5.91 Å². The van der Waals surface area contributed by atoms with E-state index in [9.17, 15) is 9.00 Å². The van der Waals surface area contributed by atoms with Gasteiger partial charge in [-0.3, -0.25) is 4.79 Å². The Morgan fingerprint density at radius 1 is 1.21 bits per heavy atom. The molecule has 6 heteroatoms. The molecule has 1 unspecified atom stereocenters. The van der Waals surface area contributed by atoms with Gasteiger partial charge in [-0.05, 0) is 41.3 Å². The predicted octanol–water partition coefficient (Wildman–Crippen LogP) is 3.70. The van der Waals surface area contributed by atoms with Gasteiger partial charge in [0, 0.05) is 16.6 Å². The number of nitrogens with two attached hydrogens (primary N) is 1. The van der Waals surface area contributed by atoms with Crippen LogP contribution in [0.3, 0.4) is 0 Å². The Kier molecular flexibility index (Phi) is 4.51. The van der Waals surface area contributed by atoms with Crippen molar-refractivity contribution in [1.82, 2.24) is 0 Å². The number of amides is 1. The maximum atomic E-state index is 12.6. The van der Waals surface area contributed by atoms with Crippen LogP contribution in [0.25, 0.3) is 0 Å². The van der Waals surface area contributed by atoms with Gasteiger partial charge >= 0.3 is 0 Å². The molecule has 3 N–H and O–H groups in total. The molecule has 24 heavy (non-hydrogen) atoms. The van der Waals surface area contributed by atoms with E-state index in [0.29, 0.717) is 15.6 Å². The van der Waals surface area contributed by atoms with Crippen LogP contribution in [0.15, 0.2) is 53.4 Å². The van der Waals surface area contributed by atoms with Crippen molar-refractivity contribution in [1.29, 1.82) is 0 Å². The minimum absolute atomic E-state index is 0.0151. The summed E-state index contributed by atoms with van der Waals surface area (Å²) in [5.41, 5.74) is 1.62. The largest absolute Gasteiger partial charge is 0.326 e. The number of benzene rings is 2. The second-order valence-corrected chi connectivity index (χ2v) is 8.15. The number of hydrogen-bond acceptors (Lipinski definition) is 2. The number of halogens is 1. The summed E-state index contributed by atoms with van der Waals surface area (Å²) < 4.78 is 11.3. The van der Waals surface area contributed by atoms with Gasteiger partial charge in [0.05, 0.1) is 10.8 Å². The first kappa shape index (κ1) is 17.1. The molecule has 2 aromatic carbocycles. The summed E-state index contributed by atoms with van der Waals surface area (Å²) >= 11 is 5.96. The molecule has 1 amide bonds. The Morgan fingerprint density at radius 2 is 1.88 bits per heavy atom. The molecule has 0 aliphatic heterocycles. The van der Waals surface area contributed by atoms with E-state index in [2.05, 4.69) is 19.2 Å². The SMILES string of the molecule is CC1(C)[C@H](C(=O)Nc2cccc(Cl)c2)[C@H]1c1ccc(S(N)=O)cc1. The smallest absolute Gasteiger partial charge is 0.228 e. The molecule has 0 radical (unpaired) electrons.